The lowest BCUT2D eigenvalue weighted by Gasteiger charge is -2.17. The highest BCUT2D eigenvalue weighted by Gasteiger charge is 2.13. The van der Waals surface area contributed by atoms with E-state index in [1.165, 1.54) is 5.56 Å². The van der Waals surface area contributed by atoms with E-state index < -0.39 is 0 Å². The van der Waals surface area contributed by atoms with Crippen LogP contribution in [0.2, 0.25) is 0 Å². The minimum absolute atomic E-state index is 0.222. The zero-order chi connectivity index (χ0) is 14.4. The zero-order valence-corrected chi connectivity index (χ0v) is 12.6. The van der Waals surface area contributed by atoms with Crippen molar-refractivity contribution in [3.63, 3.8) is 0 Å². The van der Waals surface area contributed by atoms with Gasteiger partial charge < -0.3 is 5.32 Å². The smallest absolute Gasteiger partial charge is 0.0580 e. The minimum atomic E-state index is 0.222. The van der Waals surface area contributed by atoms with Crippen molar-refractivity contribution in [2.45, 2.75) is 39.7 Å². The van der Waals surface area contributed by atoms with Crippen LogP contribution in [0.15, 0.2) is 36.5 Å². The Morgan fingerprint density at radius 3 is 2.60 bits per heavy atom. The van der Waals surface area contributed by atoms with Crippen molar-refractivity contribution < 1.29 is 0 Å². The van der Waals surface area contributed by atoms with Crippen LogP contribution < -0.4 is 5.32 Å². The molecule has 1 unspecified atom stereocenters. The van der Waals surface area contributed by atoms with Gasteiger partial charge in [-0.1, -0.05) is 26.0 Å². The maximum Gasteiger partial charge on any atom is 0.0580 e. The fraction of sp³-hybridized carbons (Fsp3) is 0.412. The van der Waals surface area contributed by atoms with Crippen molar-refractivity contribution in [3.8, 4) is 0 Å². The van der Waals surface area contributed by atoms with E-state index in [1.807, 2.05) is 19.2 Å². The van der Waals surface area contributed by atoms with Crippen LogP contribution in [0.3, 0.4) is 0 Å². The Labute approximate surface area is 121 Å². The molecule has 0 bridgehead atoms. The number of aromatic nitrogens is 2. The van der Waals surface area contributed by atoms with Crippen molar-refractivity contribution in [2.75, 3.05) is 6.54 Å². The molecule has 2 heterocycles. The zero-order valence-electron chi connectivity index (χ0n) is 12.6. The molecule has 0 saturated carbocycles. The van der Waals surface area contributed by atoms with Crippen molar-refractivity contribution in [1.29, 1.82) is 0 Å². The summed E-state index contributed by atoms with van der Waals surface area (Å²) >= 11 is 0. The predicted octanol–water partition coefficient (Wildman–Crippen LogP) is 3.24. The highest BCUT2D eigenvalue weighted by atomic mass is 14.9. The third kappa shape index (κ3) is 3.87. The Morgan fingerprint density at radius 1 is 1.15 bits per heavy atom. The Balaban J connectivity index is 2.16. The maximum absolute atomic E-state index is 4.63. The highest BCUT2D eigenvalue weighted by molar-refractivity contribution is 5.19. The number of hydrogen-bond acceptors (Lipinski definition) is 3. The molecular formula is C17H23N3. The Hall–Kier alpha value is -1.74. The summed E-state index contributed by atoms with van der Waals surface area (Å²) in [7, 11) is 0. The molecule has 0 fully saturated rings. The van der Waals surface area contributed by atoms with Gasteiger partial charge in [0.25, 0.3) is 0 Å². The van der Waals surface area contributed by atoms with Crippen molar-refractivity contribution in [1.82, 2.24) is 15.3 Å². The predicted molar refractivity (Wildman–Crippen MR) is 82.7 cm³/mol. The summed E-state index contributed by atoms with van der Waals surface area (Å²) in [6.07, 6.45) is 3.87. The summed E-state index contributed by atoms with van der Waals surface area (Å²) in [5.74, 6) is 0. The molecule has 0 radical (unpaired) electrons. The standard InChI is InChI=1S/C17H23N3/c1-4-14-9-10-15(19-12-14)11-17(18-5-2)16-8-6-7-13(3)20-16/h6-10,12,17-18H,4-5,11H2,1-3H3. The van der Waals surface area contributed by atoms with E-state index in [4.69, 9.17) is 0 Å². The van der Waals surface area contributed by atoms with Crippen LogP contribution in [0.4, 0.5) is 0 Å². The number of likely N-dealkylation sites (N-methyl/N-ethyl adjacent to an activating group) is 1. The van der Waals surface area contributed by atoms with Gasteiger partial charge in [0.05, 0.1) is 11.7 Å². The van der Waals surface area contributed by atoms with Crippen LogP contribution in [-0.4, -0.2) is 16.5 Å². The first-order valence-corrected chi connectivity index (χ1v) is 7.33. The molecule has 0 aromatic carbocycles. The summed E-state index contributed by atoms with van der Waals surface area (Å²) in [4.78, 5) is 9.18. The number of pyridine rings is 2. The molecule has 0 aliphatic rings. The molecular weight excluding hydrogens is 246 g/mol. The third-order valence-corrected chi connectivity index (χ3v) is 3.42. The monoisotopic (exact) mass is 269 g/mol. The van der Waals surface area contributed by atoms with Gasteiger partial charge >= 0.3 is 0 Å². The summed E-state index contributed by atoms with van der Waals surface area (Å²) in [5.41, 5.74) is 4.53. The second kappa shape index (κ2) is 7.15. The summed E-state index contributed by atoms with van der Waals surface area (Å²) < 4.78 is 0. The van der Waals surface area contributed by atoms with Gasteiger partial charge in [0, 0.05) is 24.0 Å². The second-order valence-corrected chi connectivity index (χ2v) is 5.03. The molecule has 2 aromatic rings. The van der Waals surface area contributed by atoms with Crippen LogP contribution in [0.5, 0.6) is 0 Å². The lowest BCUT2D eigenvalue weighted by atomic mass is 10.1. The first-order valence-electron chi connectivity index (χ1n) is 7.33. The van der Waals surface area contributed by atoms with Crippen LogP contribution in [0.1, 0.15) is 42.5 Å². The molecule has 0 aliphatic heterocycles. The molecule has 1 atom stereocenters. The van der Waals surface area contributed by atoms with Crippen LogP contribution in [-0.2, 0) is 12.8 Å². The topological polar surface area (TPSA) is 37.8 Å². The van der Waals surface area contributed by atoms with Crippen LogP contribution in [0, 0.1) is 6.92 Å². The summed E-state index contributed by atoms with van der Waals surface area (Å²) in [6.45, 7) is 7.22. The fourth-order valence-corrected chi connectivity index (χ4v) is 2.28. The molecule has 3 heteroatoms. The summed E-state index contributed by atoms with van der Waals surface area (Å²) in [6, 6.07) is 10.7. The van der Waals surface area contributed by atoms with Gasteiger partial charge in [-0.15, -0.1) is 0 Å². The molecule has 1 N–H and O–H groups in total. The number of nitrogens with one attached hydrogen (secondary N) is 1. The summed E-state index contributed by atoms with van der Waals surface area (Å²) in [5, 5.41) is 3.50. The van der Waals surface area contributed by atoms with E-state index in [0.29, 0.717) is 0 Å². The number of aryl methyl sites for hydroxylation is 2. The van der Waals surface area contributed by atoms with E-state index in [1.54, 1.807) is 0 Å². The third-order valence-electron chi connectivity index (χ3n) is 3.42. The first-order chi connectivity index (χ1) is 9.72. The molecule has 2 aromatic heterocycles. The normalized spacial score (nSPS) is 12.3. The Bertz CT molecular complexity index is 534. The number of hydrogen-bond donors (Lipinski definition) is 1. The second-order valence-electron chi connectivity index (χ2n) is 5.03. The average Bonchev–Trinajstić information content (AvgIpc) is 2.47. The van der Waals surface area contributed by atoms with E-state index >= 15 is 0 Å². The Morgan fingerprint density at radius 2 is 2.00 bits per heavy atom. The molecule has 0 saturated heterocycles. The van der Waals surface area contributed by atoms with Gasteiger partial charge in [-0.25, -0.2) is 0 Å². The number of rotatable bonds is 6. The number of nitrogens with zero attached hydrogens (tertiary/aromatic N) is 2. The lowest BCUT2D eigenvalue weighted by Crippen LogP contribution is -2.24. The Kier molecular flexibility index (Phi) is 5.24. The van der Waals surface area contributed by atoms with Crippen molar-refractivity contribution in [2.24, 2.45) is 0 Å². The van der Waals surface area contributed by atoms with E-state index in [0.717, 1.165) is 36.5 Å². The molecule has 0 spiro atoms. The van der Waals surface area contributed by atoms with Crippen LogP contribution >= 0.6 is 0 Å². The highest BCUT2D eigenvalue weighted by Crippen LogP contribution is 2.16. The van der Waals surface area contributed by atoms with Gasteiger partial charge in [-0.3, -0.25) is 9.97 Å². The van der Waals surface area contributed by atoms with E-state index in [9.17, 15) is 0 Å². The van der Waals surface area contributed by atoms with Gasteiger partial charge in [0.1, 0.15) is 0 Å². The molecule has 0 aliphatic carbocycles. The molecule has 2 rings (SSSR count). The first kappa shape index (κ1) is 14.7. The SMILES string of the molecule is CCNC(Cc1ccc(CC)cn1)c1cccc(C)n1. The van der Waals surface area contributed by atoms with E-state index in [-0.39, 0.29) is 6.04 Å². The maximum atomic E-state index is 4.63. The van der Waals surface area contributed by atoms with Gasteiger partial charge in [0.15, 0.2) is 0 Å². The largest absolute Gasteiger partial charge is 0.309 e. The van der Waals surface area contributed by atoms with E-state index in [2.05, 4.69) is 53.4 Å². The fourth-order valence-electron chi connectivity index (χ4n) is 2.28. The molecule has 0 amide bonds. The minimum Gasteiger partial charge on any atom is -0.309 e. The van der Waals surface area contributed by atoms with Crippen molar-refractivity contribution >= 4 is 0 Å². The van der Waals surface area contributed by atoms with Gasteiger partial charge in [-0.05, 0) is 43.7 Å². The molecule has 106 valence electrons. The van der Waals surface area contributed by atoms with Gasteiger partial charge in [-0.2, -0.15) is 0 Å². The average molecular weight is 269 g/mol. The molecule has 20 heavy (non-hydrogen) atoms. The quantitative estimate of drug-likeness (QED) is 0.875. The van der Waals surface area contributed by atoms with Crippen LogP contribution in [0.25, 0.3) is 0 Å². The molecule has 3 nitrogen and oxygen atoms in total. The van der Waals surface area contributed by atoms with Gasteiger partial charge in [0.2, 0.25) is 0 Å². The lowest BCUT2D eigenvalue weighted by molar-refractivity contribution is 0.530. The van der Waals surface area contributed by atoms with Crippen molar-refractivity contribution in [3.05, 3.63) is 59.2 Å².